The van der Waals surface area contributed by atoms with Crippen molar-refractivity contribution in [1.82, 2.24) is 0 Å². The van der Waals surface area contributed by atoms with Gasteiger partial charge in [-0.25, -0.2) is 9.13 Å². The van der Waals surface area contributed by atoms with E-state index in [4.69, 9.17) is 37.0 Å². The Bertz CT molecular complexity index is 1890. The lowest BCUT2D eigenvalue weighted by Crippen LogP contribution is -2.30. The number of rotatable bonds is 78. The summed E-state index contributed by atoms with van der Waals surface area (Å²) in [7, 11) is -9.91. The number of hydrogen-bond acceptors (Lipinski definition) is 15. The van der Waals surface area contributed by atoms with Crippen LogP contribution in [0.5, 0.6) is 0 Å². The molecular weight excluding hydrogens is 1280 g/mol. The minimum atomic E-state index is -4.96. The molecule has 2 unspecified atom stereocenters. The van der Waals surface area contributed by atoms with E-state index >= 15 is 0 Å². The number of ether oxygens (including phenoxy) is 4. The van der Waals surface area contributed by atoms with Crippen molar-refractivity contribution >= 4 is 39.5 Å². The molecule has 5 atom stereocenters. The lowest BCUT2D eigenvalue weighted by molar-refractivity contribution is -0.161. The minimum Gasteiger partial charge on any atom is -0.462 e. The van der Waals surface area contributed by atoms with E-state index in [9.17, 15) is 43.2 Å². The largest absolute Gasteiger partial charge is 0.472 e. The van der Waals surface area contributed by atoms with E-state index in [0.29, 0.717) is 25.7 Å². The molecule has 98 heavy (non-hydrogen) atoms. The van der Waals surface area contributed by atoms with E-state index in [0.717, 1.165) is 102 Å². The van der Waals surface area contributed by atoms with Gasteiger partial charge in [-0.2, -0.15) is 0 Å². The van der Waals surface area contributed by atoms with Crippen LogP contribution in [0.4, 0.5) is 0 Å². The molecule has 17 nitrogen and oxygen atoms in total. The summed E-state index contributed by atoms with van der Waals surface area (Å²) in [5, 5.41) is 10.6. The van der Waals surface area contributed by atoms with E-state index in [2.05, 4.69) is 41.5 Å². The average Bonchev–Trinajstić information content (AvgIpc) is 1.05. The first kappa shape index (κ1) is 96.1. The maximum atomic E-state index is 13.1. The van der Waals surface area contributed by atoms with Gasteiger partial charge >= 0.3 is 39.5 Å². The fraction of sp³-hybridized carbons (Fsp3) is 0.949. The summed E-state index contributed by atoms with van der Waals surface area (Å²) in [6, 6.07) is 0. The SMILES string of the molecule is CCCCCCCCCCCCCCC(=O)O[C@H](COC(=O)CCCCCCCCCCCC)COP(=O)(O)OC[C@H](O)COP(=O)(O)OC[C@@H](COC(=O)CCCCCCCCCCCCCCCCCC(C)C)OC(=O)CCCCCCCCCCCCCCCCCC(C)C. The number of esters is 4. The highest BCUT2D eigenvalue weighted by molar-refractivity contribution is 7.47. The van der Waals surface area contributed by atoms with Gasteiger partial charge < -0.3 is 33.8 Å². The van der Waals surface area contributed by atoms with Gasteiger partial charge in [0.05, 0.1) is 26.4 Å². The van der Waals surface area contributed by atoms with Gasteiger partial charge in [-0.1, -0.05) is 363 Å². The molecule has 0 radical (unpaired) electrons. The number of carbonyl (C=O) groups is 4. The molecule has 0 fully saturated rings. The van der Waals surface area contributed by atoms with Gasteiger partial charge in [0.2, 0.25) is 0 Å². The normalized spacial score (nSPS) is 13.9. The van der Waals surface area contributed by atoms with Crippen molar-refractivity contribution in [1.29, 1.82) is 0 Å². The molecular formula is C79H154O17P2. The second kappa shape index (κ2) is 70.7. The van der Waals surface area contributed by atoms with E-state index in [1.165, 1.54) is 231 Å². The van der Waals surface area contributed by atoms with Crippen LogP contribution >= 0.6 is 15.6 Å². The van der Waals surface area contributed by atoms with Crippen LogP contribution in [0.25, 0.3) is 0 Å². The molecule has 0 bridgehead atoms. The van der Waals surface area contributed by atoms with Gasteiger partial charge in [0.15, 0.2) is 12.2 Å². The van der Waals surface area contributed by atoms with Crippen molar-refractivity contribution in [2.45, 2.75) is 432 Å². The Morgan fingerprint density at radius 1 is 0.276 bits per heavy atom. The van der Waals surface area contributed by atoms with Crippen LogP contribution < -0.4 is 0 Å². The molecule has 0 aliphatic carbocycles. The zero-order chi connectivity index (χ0) is 72.1. The van der Waals surface area contributed by atoms with Gasteiger partial charge in [0, 0.05) is 25.7 Å². The predicted molar refractivity (Wildman–Crippen MR) is 400 cm³/mol. The summed E-state index contributed by atoms with van der Waals surface area (Å²) in [4.78, 5) is 72.9. The first-order chi connectivity index (χ1) is 47.4. The number of aliphatic hydroxyl groups is 1. The number of phosphoric ester groups is 2. The highest BCUT2D eigenvalue weighted by Gasteiger charge is 2.30. The summed E-state index contributed by atoms with van der Waals surface area (Å²) >= 11 is 0. The summed E-state index contributed by atoms with van der Waals surface area (Å²) in [5.74, 6) is -0.501. The molecule has 0 rings (SSSR count). The summed E-state index contributed by atoms with van der Waals surface area (Å²) in [6.45, 7) is 9.67. The average molecular weight is 1440 g/mol. The first-order valence-electron chi connectivity index (χ1n) is 41.0. The fourth-order valence-electron chi connectivity index (χ4n) is 12.2. The van der Waals surface area contributed by atoms with Crippen molar-refractivity contribution in [3.63, 3.8) is 0 Å². The van der Waals surface area contributed by atoms with Crippen molar-refractivity contribution in [2.75, 3.05) is 39.6 Å². The van der Waals surface area contributed by atoms with Crippen molar-refractivity contribution in [2.24, 2.45) is 11.8 Å². The van der Waals surface area contributed by atoms with E-state index in [-0.39, 0.29) is 25.7 Å². The van der Waals surface area contributed by atoms with E-state index < -0.39 is 97.5 Å². The third-order valence-corrected chi connectivity index (χ3v) is 20.4. The molecule has 19 heteroatoms. The molecule has 0 aromatic carbocycles. The Morgan fingerprint density at radius 3 is 0.694 bits per heavy atom. The van der Waals surface area contributed by atoms with Gasteiger partial charge in [-0.15, -0.1) is 0 Å². The number of hydrogen-bond donors (Lipinski definition) is 3. The molecule has 0 aliphatic heterocycles. The number of unbranched alkanes of at least 4 members (excludes halogenated alkanes) is 48. The Labute approximate surface area is 600 Å². The molecule has 0 heterocycles. The smallest absolute Gasteiger partial charge is 0.462 e. The highest BCUT2D eigenvalue weighted by Crippen LogP contribution is 2.45. The summed E-state index contributed by atoms with van der Waals surface area (Å²) in [5.41, 5.74) is 0. The monoisotopic (exact) mass is 1440 g/mol. The van der Waals surface area contributed by atoms with Crippen LogP contribution in [0, 0.1) is 11.8 Å². The number of phosphoric acid groups is 2. The third-order valence-electron chi connectivity index (χ3n) is 18.5. The zero-order valence-electron chi connectivity index (χ0n) is 64.1. The lowest BCUT2D eigenvalue weighted by atomic mass is 10.0. The second-order valence-corrected chi connectivity index (χ2v) is 32.3. The standard InChI is InChI=1S/C79H154O17P2/c1-7-9-11-13-15-17-19-32-39-45-51-57-63-78(83)95-74(67-89-76(81)61-55-49-43-37-18-16-14-12-10-8-2)69-93-97(85,86)91-65-73(80)66-92-98(87,88)94-70-75(96-79(84)64-58-52-46-40-34-29-25-21-23-27-31-36-42-48-54-60-72(5)6)68-90-77(82)62-56-50-44-38-33-28-24-20-22-26-30-35-41-47-53-59-71(3)4/h71-75,80H,7-70H2,1-6H3,(H,85,86)(H,87,88)/t73-,74+,75+/m0/s1. The van der Waals surface area contributed by atoms with Crippen molar-refractivity contribution in [3.8, 4) is 0 Å². The minimum absolute atomic E-state index is 0.108. The van der Waals surface area contributed by atoms with Gasteiger partial charge in [-0.05, 0) is 37.5 Å². The van der Waals surface area contributed by atoms with Crippen molar-refractivity contribution < 1.29 is 80.2 Å². The molecule has 0 aromatic heterocycles. The Balaban J connectivity index is 5.23. The Kier molecular flexibility index (Phi) is 69.3. The van der Waals surface area contributed by atoms with Crippen LogP contribution in [0.15, 0.2) is 0 Å². The van der Waals surface area contributed by atoms with Crippen LogP contribution in [0.3, 0.4) is 0 Å². The topological polar surface area (TPSA) is 237 Å². The molecule has 0 saturated heterocycles. The molecule has 0 amide bonds. The van der Waals surface area contributed by atoms with E-state index in [1.54, 1.807) is 0 Å². The molecule has 0 aliphatic rings. The molecule has 582 valence electrons. The van der Waals surface area contributed by atoms with Gasteiger partial charge in [0.1, 0.15) is 19.3 Å². The Hall–Kier alpha value is -1.94. The first-order valence-corrected chi connectivity index (χ1v) is 44.0. The summed E-state index contributed by atoms with van der Waals surface area (Å²) < 4.78 is 68.6. The molecule has 3 N–H and O–H groups in total. The predicted octanol–water partition coefficient (Wildman–Crippen LogP) is 23.5. The number of aliphatic hydroxyl groups excluding tert-OH is 1. The highest BCUT2D eigenvalue weighted by atomic mass is 31.2. The van der Waals surface area contributed by atoms with E-state index in [1.807, 2.05) is 0 Å². The fourth-order valence-corrected chi connectivity index (χ4v) is 13.8. The van der Waals surface area contributed by atoms with Crippen LogP contribution in [0.2, 0.25) is 0 Å². The molecule has 0 spiro atoms. The third kappa shape index (κ3) is 72.4. The maximum Gasteiger partial charge on any atom is 0.472 e. The molecule has 0 aromatic rings. The van der Waals surface area contributed by atoms with Gasteiger partial charge in [0.25, 0.3) is 0 Å². The van der Waals surface area contributed by atoms with Gasteiger partial charge in [-0.3, -0.25) is 37.3 Å². The second-order valence-electron chi connectivity index (χ2n) is 29.4. The quantitative estimate of drug-likeness (QED) is 0.0222. The van der Waals surface area contributed by atoms with Crippen LogP contribution in [0.1, 0.15) is 414 Å². The molecule has 0 saturated carbocycles. The zero-order valence-corrected chi connectivity index (χ0v) is 65.9. The summed E-state index contributed by atoms with van der Waals surface area (Å²) in [6.07, 6.45) is 59.5. The van der Waals surface area contributed by atoms with Crippen LogP contribution in [-0.4, -0.2) is 96.7 Å². The Morgan fingerprint density at radius 2 is 0.469 bits per heavy atom. The van der Waals surface area contributed by atoms with Crippen molar-refractivity contribution in [3.05, 3.63) is 0 Å². The number of carbonyl (C=O) groups excluding carboxylic acids is 4. The lowest BCUT2D eigenvalue weighted by Gasteiger charge is -2.21. The van der Waals surface area contributed by atoms with Crippen LogP contribution in [-0.2, 0) is 65.4 Å². The maximum absolute atomic E-state index is 13.1.